The zero-order chi connectivity index (χ0) is 23.1. The number of hydrogen-bond donors (Lipinski definition) is 2. The SMILES string of the molecule is COc1cc(/C=C/C(=O)Nc2cccc(C(=O)N3CCCC3)c2C)ccc1OCC(N)=O. The number of rotatable bonds is 8. The molecule has 1 aliphatic heterocycles. The van der Waals surface area contributed by atoms with Gasteiger partial charge >= 0.3 is 0 Å². The van der Waals surface area contributed by atoms with Crippen molar-refractivity contribution in [1.29, 1.82) is 0 Å². The van der Waals surface area contributed by atoms with Crippen molar-refractivity contribution in [3.8, 4) is 11.5 Å². The van der Waals surface area contributed by atoms with Crippen LogP contribution in [-0.2, 0) is 9.59 Å². The lowest BCUT2D eigenvalue weighted by Crippen LogP contribution is -2.28. The first-order valence-corrected chi connectivity index (χ1v) is 10.4. The van der Waals surface area contributed by atoms with E-state index in [9.17, 15) is 14.4 Å². The van der Waals surface area contributed by atoms with Gasteiger partial charge in [-0.3, -0.25) is 14.4 Å². The molecule has 0 bridgehead atoms. The van der Waals surface area contributed by atoms with Crippen molar-refractivity contribution in [2.75, 3.05) is 32.1 Å². The average molecular weight is 437 g/mol. The molecule has 32 heavy (non-hydrogen) atoms. The molecular weight excluding hydrogens is 410 g/mol. The molecule has 1 saturated heterocycles. The molecule has 0 aliphatic carbocycles. The van der Waals surface area contributed by atoms with Crippen LogP contribution in [0, 0.1) is 6.92 Å². The van der Waals surface area contributed by atoms with Crippen molar-refractivity contribution in [3.63, 3.8) is 0 Å². The number of primary amides is 1. The van der Waals surface area contributed by atoms with E-state index in [1.54, 1.807) is 42.5 Å². The van der Waals surface area contributed by atoms with Crippen LogP contribution in [0.25, 0.3) is 6.08 Å². The van der Waals surface area contributed by atoms with Gasteiger partial charge in [-0.1, -0.05) is 12.1 Å². The number of ether oxygens (including phenoxy) is 2. The maximum absolute atomic E-state index is 12.7. The molecule has 0 unspecified atom stereocenters. The first-order chi connectivity index (χ1) is 15.4. The van der Waals surface area contributed by atoms with E-state index in [4.69, 9.17) is 15.2 Å². The molecule has 3 rings (SSSR count). The number of nitrogens with two attached hydrogens (primary N) is 1. The molecule has 3 N–H and O–H groups in total. The van der Waals surface area contributed by atoms with Crippen LogP contribution in [0.3, 0.4) is 0 Å². The van der Waals surface area contributed by atoms with Gasteiger partial charge in [0.05, 0.1) is 7.11 Å². The van der Waals surface area contributed by atoms with Crippen molar-refractivity contribution in [2.24, 2.45) is 5.73 Å². The lowest BCUT2D eigenvalue weighted by molar-refractivity contribution is -0.120. The first-order valence-electron chi connectivity index (χ1n) is 10.4. The van der Waals surface area contributed by atoms with Crippen molar-refractivity contribution in [3.05, 3.63) is 59.2 Å². The zero-order valence-electron chi connectivity index (χ0n) is 18.2. The van der Waals surface area contributed by atoms with E-state index >= 15 is 0 Å². The largest absolute Gasteiger partial charge is 0.493 e. The van der Waals surface area contributed by atoms with E-state index < -0.39 is 5.91 Å². The Morgan fingerprint density at radius 1 is 1.12 bits per heavy atom. The minimum atomic E-state index is -0.589. The van der Waals surface area contributed by atoms with Gasteiger partial charge in [0.1, 0.15) is 0 Å². The zero-order valence-corrected chi connectivity index (χ0v) is 18.2. The molecule has 8 heteroatoms. The lowest BCUT2D eigenvalue weighted by atomic mass is 10.1. The van der Waals surface area contributed by atoms with E-state index in [0.29, 0.717) is 28.3 Å². The van der Waals surface area contributed by atoms with Crippen molar-refractivity contribution in [1.82, 2.24) is 4.90 Å². The Hall–Kier alpha value is -3.81. The molecule has 0 aromatic heterocycles. The topological polar surface area (TPSA) is 111 Å². The molecule has 0 radical (unpaired) electrons. The molecule has 8 nitrogen and oxygen atoms in total. The summed E-state index contributed by atoms with van der Waals surface area (Å²) in [7, 11) is 1.48. The fourth-order valence-corrected chi connectivity index (χ4v) is 3.50. The molecule has 1 fully saturated rings. The van der Waals surface area contributed by atoms with Crippen LogP contribution in [0.1, 0.15) is 34.3 Å². The standard InChI is InChI=1S/C24H27N3O5/c1-16-18(24(30)27-12-3-4-13-27)6-5-7-19(16)26-23(29)11-9-17-8-10-20(21(14-17)31-2)32-15-22(25)28/h5-11,14H,3-4,12-13,15H2,1-2H3,(H2,25,28)(H,26,29)/b11-9+. The molecule has 168 valence electrons. The third-order valence-electron chi connectivity index (χ3n) is 5.20. The number of amides is 3. The summed E-state index contributed by atoms with van der Waals surface area (Å²) in [4.78, 5) is 38.0. The Morgan fingerprint density at radius 3 is 2.56 bits per heavy atom. The van der Waals surface area contributed by atoms with Gasteiger partial charge < -0.3 is 25.4 Å². The van der Waals surface area contributed by atoms with Crippen molar-refractivity contribution >= 4 is 29.5 Å². The Morgan fingerprint density at radius 2 is 1.88 bits per heavy atom. The number of carbonyl (C=O) groups excluding carboxylic acids is 3. The second kappa shape index (κ2) is 10.5. The molecular formula is C24H27N3O5. The van der Waals surface area contributed by atoms with Gasteiger partial charge in [-0.2, -0.15) is 0 Å². The lowest BCUT2D eigenvalue weighted by Gasteiger charge is -2.18. The number of hydrogen-bond acceptors (Lipinski definition) is 5. The van der Waals surface area contributed by atoms with Gasteiger partial charge in [0.25, 0.3) is 11.8 Å². The number of methoxy groups -OCH3 is 1. The van der Waals surface area contributed by atoms with E-state index in [0.717, 1.165) is 31.5 Å². The smallest absolute Gasteiger partial charge is 0.255 e. The molecule has 2 aromatic rings. The third-order valence-corrected chi connectivity index (χ3v) is 5.20. The monoisotopic (exact) mass is 437 g/mol. The number of carbonyl (C=O) groups is 3. The van der Waals surface area contributed by atoms with Crippen LogP contribution < -0.4 is 20.5 Å². The quantitative estimate of drug-likeness (QED) is 0.617. The maximum Gasteiger partial charge on any atom is 0.255 e. The molecule has 1 aliphatic rings. The van der Waals surface area contributed by atoms with E-state index in [1.165, 1.54) is 13.2 Å². The minimum Gasteiger partial charge on any atom is -0.493 e. The van der Waals surface area contributed by atoms with Crippen LogP contribution >= 0.6 is 0 Å². The van der Waals surface area contributed by atoms with Crippen LogP contribution in [0.2, 0.25) is 0 Å². The highest BCUT2D eigenvalue weighted by molar-refractivity contribution is 6.04. The number of anilines is 1. The highest BCUT2D eigenvalue weighted by Crippen LogP contribution is 2.28. The summed E-state index contributed by atoms with van der Waals surface area (Å²) in [5, 5.41) is 2.84. The van der Waals surface area contributed by atoms with Gasteiger partial charge in [0, 0.05) is 30.4 Å². The highest BCUT2D eigenvalue weighted by atomic mass is 16.5. The maximum atomic E-state index is 12.7. The van der Waals surface area contributed by atoms with E-state index in [-0.39, 0.29) is 18.4 Å². The van der Waals surface area contributed by atoms with Gasteiger partial charge in [-0.15, -0.1) is 0 Å². The van der Waals surface area contributed by atoms with Crippen LogP contribution in [0.4, 0.5) is 5.69 Å². The van der Waals surface area contributed by atoms with Gasteiger partial charge in [0.15, 0.2) is 18.1 Å². The summed E-state index contributed by atoms with van der Waals surface area (Å²) in [6.07, 6.45) is 5.07. The molecule has 0 atom stereocenters. The summed E-state index contributed by atoms with van der Waals surface area (Å²) in [6, 6.07) is 10.4. The van der Waals surface area contributed by atoms with Gasteiger partial charge in [0.2, 0.25) is 5.91 Å². The van der Waals surface area contributed by atoms with E-state index in [1.807, 2.05) is 11.8 Å². The fourth-order valence-electron chi connectivity index (χ4n) is 3.50. The summed E-state index contributed by atoms with van der Waals surface area (Å²) < 4.78 is 10.6. The normalized spacial score (nSPS) is 13.2. The van der Waals surface area contributed by atoms with Crippen molar-refractivity contribution < 1.29 is 23.9 Å². The number of nitrogens with one attached hydrogen (secondary N) is 1. The summed E-state index contributed by atoms with van der Waals surface area (Å²) in [5.74, 6) is -0.126. The van der Waals surface area contributed by atoms with Gasteiger partial charge in [-0.25, -0.2) is 0 Å². The molecule has 3 amide bonds. The molecule has 0 saturated carbocycles. The Bertz CT molecular complexity index is 1040. The molecule has 2 aromatic carbocycles. The van der Waals surface area contributed by atoms with Crippen LogP contribution in [0.5, 0.6) is 11.5 Å². The second-order valence-electron chi connectivity index (χ2n) is 7.47. The predicted octanol–water partition coefficient (Wildman–Crippen LogP) is 2.76. The highest BCUT2D eigenvalue weighted by Gasteiger charge is 2.21. The predicted molar refractivity (Wildman–Crippen MR) is 122 cm³/mol. The number of benzene rings is 2. The Labute approximate surface area is 187 Å². The summed E-state index contributed by atoms with van der Waals surface area (Å²) in [6.45, 7) is 3.12. The average Bonchev–Trinajstić information content (AvgIpc) is 3.32. The molecule has 0 spiro atoms. The third kappa shape index (κ3) is 5.66. The summed E-state index contributed by atoms with van der Waals surface area (Å²) in [5.41, 5.74) is 7.74. The number of likely N-dealkylation sites (tertiary alicyclic amines) is 1. The Kier molecular flexibility index (Phi) is 7.49. The van der Waals surface area contributed by atoms with Crippen LogP contribution in [0.15, 0.2) is 42.5 Å². The van der Waals surface area contributed by atoms with Gasteiger partial charge in [-0.05, 0) is 61.2 Å². The molecule has 1 heterocycles. The second-order valence-corrected chi connectivity index (χ2v) is 7.47. The fraction of sp³-hybridized carbons (Fsp3) is 0.292. The number of nitrogens with zero attached hydrogens (tertiary/aromatic N) is 1. The summed E-state index contributed by atoms with van der Waals surface area (Å²) >= 11 is 0. The minimum absolute atomic E-state index is 0.00243. The van der Waals surface area contributed by atoms with Crippen LogP contribution in [-0.4, -0.2) is 49.4 Å². The van der Waals surface area contributed by atoms with Crippen molar-refractivity contribution in [2.45, 2.75) is 19.8 Å². The Balaban J connectivity index is 1.68. The first kappa shape index (κ1) is 22.9. The van der Waals surface area contributed by atoms with E-state index in [2.05, 4.69) is 5.32 Å².